The Bertz CT molecular complexity index is 316. The van der Waals surface area contributed by atoms with Gasteiger partial charge in [-0.1, -0.05) is 6.07 Å². The third-order valence-electron chi connectivity index (χ3n) is 2.39. The first-order valence-corrected chi connectivity index (χ1v) is 4.78. The van der Waals surface area contributed by atoms with Crippen molar-refractivity contribution in [2.45, 2.75) is 6.10 Å². The molecule has 0 amide bonds. The summed E-state index contributed by atoms with van der Waals surface area (Å²) in [5.41, 5.74) is 6.55. The number of likely N-dealkylation sites (N-methyl/N-ethyl adjacent to an activating group) is 1. The molecule has 0 radical (unpaired) electrons. The molecule has 1 saturated heterocycles. The molecule has 1 aromatic rings. The van der Waals surface area contributed by atoms with Crippen LogP contribution in [0.5, 0.6) is 0 Å². The van der Waals surface area contributed by atoms with Gasteiger partial charge in [0.05, 0.1) is 12.3 Å². The summed E-state index contributed by atoms with van der Waals surface area (Å²) in [5.74, 6) is 0.555. The summed E-state index contributed by atoms with van der Waals surface area (Å²) in [4.78, 5) is 6.49. The highest BCUT2D eigenvalue weighted by atomic mass is 16.5. The molecule has 2 rings (SSSR count). The maximum absolute atomic E-state index is 5.63. The molecule has 1 atom stereocenters. The Balaban J connectivity index is 2.14. The highest BCUT2D eigenvalue weighted by molar-refractivity contribution is 5.29. The van der Waals surface area contributed by atoms with Crippen molar-refractivity contribution in [2.24, 2.45) is 0 Å². The fraction of sp³-hybridized carbons (Fsp3) is 0.500. The van der Waals surface area contributed by atoms with Crippen LogP contribution in [0, 0.1) is 0 Å². The van der Waals surface area contributed by atoms with Crippen molar-refractivity contribution >= 4 is 5.82 Å². The molecule has 1 aliphatic heterocycles. The minimum Gasteiger partial charge on any atom is -0.384 e. The van der Waals surface area contributed by atoms with Gasteiger partial charge in [0.15, 0.2) is 0 Å². The average Bonchev–Trinajstić information content (AvgIpc) is 2.18. The molecular formula is C10H15N3O. The van der Waals surface area contributed by atoms with Gasteiger partial charge in [0.2, 0.25) is 0 Å². The van der Waals surface area contributed by atoms with E-state index in [9.17, 15) is 0 Å². The van der Waals surface area contributed by atoms with Crippen LogP contribution < -0.4 is 5.73 Å². The third kappa shape index (κ3) is 2.02. The molecule has 0 spiro atoms. The van der Waals surface area contributed by atoms with Gasteiger partial charge in [0.25, 0.3) is 0 Å². The number of anilines is 1. The molecule has 2 N–H and O–H groups in total. The molecule has 76 valence electrons. The quantitative estimate of drug-likeness (QED) is 0.712. The summed E-state index contributed by atoms with van der Waals surface area (Å²) in [5, 5.41) is 0. The van der Waals surface area contributed by atoms with Gasteiger partial charge in [0.1, 0.15) is 11.9 Å². The maximum Gasteiger partial charge on any atom is 0.123 e. The number of hydrogen-bond donors (Lipinski definition) is 1. The Labute approximate surface area is 83.7 Å². The van der Waals surface area contributed by atoms with Gasteiger partial charge in [-0.25, -0.2) is 4.98 Å². The van der Waals surface area contributed by atoms with E-state index in [4.69, 9.17) is 10.5 Å². The van der Waals surface area contributed by atoms with Crippen LogP contribution >= 0.6 is 0 Å². The summed E-state index contributed by atoms with van der Waals surface area (Å²) in [7, 11) is 2.09. The van der Waals surface area contributed by atoms with Gasteiger partial charge in [-0.05, 0) is 19.2 Å². The molecule has 0 aliphatic carbocycles. The lowest BCUT2D eigenvalue weighted by atomic mass is 10.2. The smallest absolute Gasteiger partial charge is 0.123 e. The monoisotopic (exact) mass is 193 g/mol. The highest BCUT2D eigenvalue weighted by Crippen LogP contribution is 2.19. The van der Waals surface area contributed by atoms with Gasteiger partial charge in [-0.15, -0.1) is 0 Å². The second kappa shape index (κ2) is 3.94. The Morgan fingerprint density at radius 1 is 1.57 bits per heavy atom. The van der Waals surface area contributed by atoms with Crippen LogP contribution in [0.15, 0.2) is 18.2 Å². The summed E-state index contributed by atoms with van der Waals surface area (Å²) in [6, 6.07) is 5.66. The molecule has 0 bridgehead atoms. The number of nitrogens with two attached hydrogens (primary N) is 1. The molecule has 2 heterocycles. The number of hydrogen-bond acceptors (Lipinski definition) is 4. The normalized spacial score (nSPS) is 23.6. The second-order valence-electron chi connectivity index (χ2n) is 3.61. The van der Waals surface area contributed by atoms with E-state index >= 15 is 0 Å². The first kappa shape index (κ1) is 9.43. The number of pyridine rings is 1. The van der Waals surface area contributed by atoms with Crippen LogP contribution in [0.4, 0.5) is 5.82 Å². The van der Waals surface area contributed by atoms with Gasteiger partial charge in [-0.3, -0.25) is 0 Å². The summed E-state index contributed by atoms with van der Waals surface area (Å²) >= 11 is 0. The van der Waals surface area contributed by atoms with Crippen molar-refractivity contribution < 1.29 is 4.74 Å². The molecular weight excluding hydrogens is 178 g/mol. The zero-order chi connectivity index (χ0) is 9.97. The van der Waals surface area contributed by atoms with E-state index in [1.807, 2.05) is 12.1 Å². The fourth-order valence-electron chi connectivity index (χ4n) is 1.60. The van der Waals surface area contributed by atoms with Crippen LogP contribution in [0.2, 0.25) is 0 Å². The largest absolute Gasteiger partial charge is 0.384 e. The van der Waals surface area contributed by atoms with Crippen molar-refractivity contribution in [3.05, 3.63) is 23.9 Å². The molecule has 4 heteroatoms. The van der Waals surface area contributed by atoms with E-state index in [0.29, 0.717) is 5.82 Å². The number of nitrogen functional groups attached to an aromatic ring is 1. The van der Waals surface area contributed by atoms with Gasteiger partial charge in [0, 0.05) is 13.1 Å². The third-order valence-corrected chi connectivity index (χ3v) is 2.39. The van der Waals surface area contributed by atoms with Gasteiger partial charge < -0.3 is 15.4 Å². The minimum atomic E-state index is 0.0669. The number of nitrogens with zero attached hydrogens (tertiary/aromatic N) is 2. The first-order valence-electron chi connectivity index (χ1n) is 4.78. The second-order valence-corrected chi connectivity index (χ2v) is 3.61. The Morgan fingerprint density at radius 2 is 2.43 bits per heavy atom. The molecule has 1 aliphatic rings. The van der Waals surface area contributed by atoms with Gasteiger partial charge >= 0.3 is 0 Å². The lowest BCUT2D eigenvalue weighted by Gasteiger charge is -2.29. The maximum atomic E-state index is 5.63. The minimum absolute atomic E-state index is 0.0669. The summed E-state index contributed by atoms with van der Waals surface area (Å²) in [6.45, 7) is 2.63. The summed E-state index contributed by atoms with van der Waals surface area (Å²) in [6.07, 6.45) is 0.0669. The van der Waals surface area contributed by atoms with E-state index in [1.165, 1.54) is 0 Å². The molecule has 4 nitrogen and oxygen atoms in total. The van der Waals surface area contributed by atoms with Crippen molar-refractivity contribution in [1.82, 2.24) is 9.88 Å². The van der Waals surface area contributed by atoms with E-state index in [0.717, 1.165) is 25.4 Å². The Kier molecular flexibility index (Phi) is 2.65. The Hall–Kier alpha value is -1.13. The topological polar surface area (TPSA) is 51.4 Å². The van der Waals surface area contributed by atoms with E-state index < -0.39 is 0 Å². The van der Waals surface area contributed by atoms with E-state index in [1.54, 1.807) is 6.07 Å². The van der Waals surface area contributed by atoms with E-state index in [-0.39, 0.29) is 6.10 Å². The van der Waals surface area contributed by atoms with Crippen LogP contribution in [-0.2, 0) is 4.74 Å². The molecule has 1 fully saturated rings. The Morgan fingerprint density at radius 3 is 3.14 bits per heavy atom. The van der Waals surface area contributed by atoms with Crippen LogP contribution in [0.25, 0.3) is 0 Å². The summed E-state index contributed by atoms with van der Waals surface area (Å²) < 4.78 is 5.63. The molecule has 1 unspecified atom stereocenters. The number of ether oxygens (including phenoxy) is 1. The molecule has 14 heavy (non-hydrogen) atoms. The lowest BCUT2D eigenvalue weighted by molar-refractivity contribution is -0.0230. The first-order chi connectivity index (χ1) is 6.75. The molecule has 0 aromatic carbocycles. The standard InChI is InChI=1S/C10H15N3O/c1-13-5-6-14-9(7-13)8-3-2-4-10(11)12-8/h2-4,9H,5-7H2,1H3,(H2,11,12). The zero-order valence-corrected chi connectivity index (χ0v) is 8.31. The fourth-order valence-corrected chi connectivity index (χ4v) is 1.60. The van der Waals surface area contributed by atoms with Gasteiger partial charge in [-0.2, -0.15) is 0 Å². The number of aromatic nitrogens is 1. The predicted octanol–water partition coefficient (Wildman–Crippen LogP) is 0.667. The number of morpholine rings is 1. The highest BCUT2D eigenvalue weighted by Gasteiger charge is 2.20. The van der Waals surface area contributed by atoms with Crippen LogP contribution in [0.1, 0.15) is 11.8 Å². The van der Waals surface area contributed by atoms with Crippen molar-refractivity contribution in [3.8, 4) is 0 Å². The number of rotatable bonds is 1. The van der Waals surface area contributed by atoms with Crippen molar-refractivity contribution in [1.29, 1.82) is 0 Å². The van der Waals surface area contributed by atoms with Crippen molar-refractivity contribution in [3.63, 3.8) is 0 Å². The lowest BCUT2D eigenvalue weighted by Crippen LogP contribution is -2.35. The zero-order valence-electron chi connectivity index (χ0n) is 8.31. The van der Waals surface area contributed by atoms with E-state index in [2.05, 4.69) is 16.9 Å². The molecule has 1 aromatic heterocycles. The van der Waals surface area contributed by atoms with Crippen LogP contribution in [-0.4, -0.2) is 36.6 Å². The SMILES string of the molecule is CN1CCOC(c2cccc(N)n2)C1. The van der Waals surface area contributed by atoms with Crippen LogP contribution in [0.3, 0.4) is 0 Å². The average molecular weight is 193 g/mol. The predicted molar refractivity (Wildman–Crippen MR) is 54.8 cm³/mol. The molecule has 0 saturated carbocycles. The van der Waals surface area contributed by atoms with Crippen molar-refractivity contribution in [2.75, 3.05) is 32.5 Å².